The summed E-state index contributed by atoms with van der Waals surface area (Å²) in [6, 6.07) is 0. The summed E-state index contributed by atoms with van der Waals surface area (Å²) >= 11 is 0. The molecule has 0 heterocycles. The van der Waals surface area contributed by atoms with Gasteiger partial charge in [-0.15, -0.1) is 0 Å². The number of unbranched alkanes of at least 4 members (excludes halogenated alkanes) is 2. The third-order valence-corrected chi connectivity index (χ3v) is 2.76. The maximum absolute atomic E-state index is 11.1. The molecule has 0 rings (SSSR count). The predicted molar refractivity (Wildman–Crippen MR) is 59.9 cm³/mol. The summed E-state index contributed by atoms with van der Waals surface area (Å²) in [5, 5.41) is 0. The third-order valence-electron chi connectivity index (χ3n) is 1.88. The Balaban J connectivity index is 3.20. The van der Waals surface area contributed by atoms with Gasteiger partial charge in [0.25, 0.3) is 0 Å². The lowest BCUT2D eigenvalue weighted by Gasteiger charge is -2.06. The van der Waals surface area contributed by atoms with Gasteiger partial charge in [0.05, 0.1) is 13.2 Å². The molecule has 1 unspecified atom stereocenters. The van der Waals surface area contributed by atoms with Crippen molar-refractivity contribution < 1.29 is 13.6 Å². The molecule has 0 aromatic heterocycles. The van der Waals surface area contributed by atoms with E-state index in [-0.39, 0.29) is 0 Å². The molecule has 0 aliphatic rings. The molecular weight excluding hydrogens is 199 g/mol. The Bertz CT molecular complexity index is 148. The van der Waals surface area contributed by atoms with Crippen LogP contribution in [0.15, 0.2) is 0 Å². The molecule has 0 amide bonds. The Hall–Kier alpha value is 0.150. The van der Waals surface area contributed by atoms with E-state index in [1.165, 1.54) is 0 Å². The topological polar surface area (TPSA) is 35.5 Å². The van der Waals surface area contributed by atoms with E-state index in [0.717, 1.165) is 25.7 Å². The van der Waals surface area contributed by atoms with Crippen molar-refractivity contribution in [2.75, 3.05) is 13.2 Å². The Labute approximate surface area is 88.1 Å². The van der Waals surface area contributed by atoms with Gasteiger partial charge in [0.1, 0.15) is 0 Å². The van der Waals surface area contributed by atoms with Crippen LogP contribution in [0.3, 0.4) is 0 Å². The van der Waals surface area contributed by atoms with E-state index in [0.29, 0.717) is 19.1 Å². The first kappa shape index (κ1) is 14.2. The van der Waals surface area contributed by atoms with Crippen molar-refractivity contribution in [2.45, 2.75) is 46.5 Å². The van der Waals surface area contributed by atoms with Gasteiger partial charge in [-0.3, -0.25) is 4.57 Å². The first-order valence-electron chi connectivity index (χ1n) is 5.46. The molecule has 0 spiro atoms. The Morgan fingerprint density at radius 1 is 1.14 bits per heavy atom. The molecule has 0 bridgehead atoms. The number of hydrogen-bond acceptors (Lipinski definition) is 3. The van der Waals surface area contributed by atoms with E-state index in [1.54, 1.807) is 0 Å². The van der Waals surface area contributed by atoms with Crippen LogP contribution in [-0.4, -0.2) is 13.2 Å². The fourth-order valence-electron chi connectivity index (χ4n) is 0.927. The molecule has 3 nitrogen and oxygen atoms in total. The summed E-state index contributed by atoms with van der Waals surface area (Å²) in [6.45, 7) is 7.46. The molecule has 4 heteroatoms. The zero-order chi connectivity index (χ0) is 10.8. The van der Waals surface area contributed by atoms with Crippen LogP contribution in [0, 0.1) is 5.92 Å². The monoisotopic (exact) mass is 222 g/mol. The fraction of sp³-hybridized carbons (Fsp3) is 1.00. The van der Waals surface area contributed by atoms with Crippen molar-refractivity contribution in [3.05, 3.63) is 0 Å². The van der Waals surface area contributed by atoms with Gasteiger partial charge in [-0.2, -0.15) is 0 Å². The predicted octanol–water partition coefficient (Wildman–Crippen LogP) is 3.65. The first-order chi connectivity index (χ1) is 6.66. The number of rotatable bonds is 9. The van der Waals surface area contributed by atoms with Crippen molar-refractivity contribution in [1.29, 1.82) is 0 Å². The number of hydrogen-bond donors (Lipinski definition) is 0. The lowest BCUT2D eigenvalue weighted by atomic mass is 10.2. The van der Waals surface area contributed by atoms with E-state index < -0.39 is 8.25 Å². The Morgan fingerprint density at radius 2 is 1.79 bits per heavy atom. The summed E-state index contributed by atoms with van der Waals surface area (Å²) in [6.07, 6.45) is 4.19. The van der Waals surface area contributed by atoms with Gasteiger partial charge in [0.2, 0.25) is 0 Å². The molecule has 0 saturated heterocycles. The summed E-state index contributed by atoms with van der Waals surface area (Å²) in [7, 11) is -2.22. The van der Waals surface area contributed by atoms with E-state index >= 15 is 0 Å². The zero-order valence-electron chi connectivity index (χ0n) is 9.54. The Morgan fingerprint density at radius 3 is 2.36 bits per heavy atom. The maximum atomic E-state index is 11.1. The molecule has 14 heavy (non-hydrogen) atoms. The summed E-state index contributed by atoms with van der Waals surface area (Å²) < 4.78 is 21.2. The second kappa shape index (κ2) is 9.70. The largest absolute Gasteiger partial charge is 0.319 e. The highest BCUT2D eigenvalue weighted by Crippen LogP contribution is 2.24. The highest BCUT2D eigenvalue weighted by molar-refractivity contribution is 7.33. The molecular formula is C10H23O3P. The van der Waals surface area contributed by atoms with E-state index in [9.17, 15) is 4.57 Å². The van der Waals surface area contributed by atoms with Gasteiger partial charge in [-0.1, -0.05) is 33.6 Å². The highest BCUT2D eigenvalue weighted by atomic mass is 31.1. The minimum Gasteiger partial charge on any atom is -0.311 e. The molecule has 0 aromatic carbocycles. The van der Waals surface area contributed by atoms with Crippen LogP contribution >= 0.6 is 8.25 Å². The molecule has 0 aliphatic heterocycles. The smallest absolute Gasteiger partial charge is 0.311 e. The molecule has 0 aliphatic carbocycles. The minimum absolute atomic E-state index is 0.545. The van der Waals surface area contributed by atoms with Gasteiger partial charge in [0, 0.05) is 0 Å². The maximum Gasteiger partial charge on any atom is 0.319 e. The van der Waals surface area contributed by atoms with Gasteiger partial charge in [-0.25, -0.2) is 0 Å². The second-order valence-corrected chi connectivity index (χ2v) is 4.91. The van der Waals surface area contributed by atoms with E-state index in [2.05, 4.69) is 20.8 Å². The van der Waals surface area contributed by atoms with Crippen LogP contribution in [0.25, 0.3) is 0 Å². The SMILES string of the molecule is CCCCCO[PH](=O)OCCC(C)C. The van der Waals surface area contributed by atoms with Crippen LogP contribution in [0.2, 0.25) is 0 Å². The quantitative estimate of drug-likeness (QED) is 0.441. The van der Waals surface area contributed by atoms with Crippen LogP contribution in [0.4, 0.5) is 0 Å². The summed E-state index contributed by atoms with van der Waals surface area (Å²) in [5.41, 5.74) is 0. The summed E-state index contributed by atoms with van der Waals surface area (Å²) in [5.74, 6) is 0.588. The first-order valence-corrected chi connectivity index (χ1v) is 6.68. The lowest BCUT2D eigenvalue weighted by molar-refractivity contribution is 0.213. The summed E-state index contributed by atoms with van der Waals surface area (Å²) in [4.78, 5) is 0. The molecule has 1 atom stereocenters. The molecule has 0 saturated carbocycles. The van der Waals surface area contributed by atoms with Crippen molar-refractivity contribution in [2.24, 2.45) is 5.92 Å². The van der Waals surface area contributed by atoms with Crippen molar-refractivity contribution >= 4 is 8.25 Å². The van der Waals surface area contributed by atoms with Crippen molar-refractivity contribution in [1.82, 2.24) is 0 Å². The van der Waals surface area contributed by atoms with Crippen LogP contribution in [0.1, 0.15) is 46.5 Å². The van der Waals surface area contributed by atoms with Gasteiger partial charge in [0.15, 0.2) is 0 Å². The average Bonchev–Trinajstić information content (AvgIpc) is 2.12. The lowest BCUT2D eigenvalue weighted by Crippen LogP contribution is -1.95. The van der Waals surface area contributed by atoms with Gasteiger partial charge in [-0.05, 0) is 18.8 Å². The minimum atomic E-state index is -2.22. The third kappa shape index (κ3) is 10.2. The Kier molecular flexibility index (Phi) is 9.80. The van der Waals surface area contributed by atoms with Crippen LogP contribution in [0.5, 0.6) is 0 Å². The highest BCUT2D eigenvalue weighted by Gasteiger charge is 2.00. The van der Waals surface area contributed by atoms with E-state index in [4.69, 9.17) is 9.05 Å². The normalized spacial score (nSPS) is 13.4. The standard InChI is InChI=1S/C10H23O3P/c1-4-5-6-8-12-14(11)13-9-7-10(2)3/h10,14H,4-9H2,1-3H3. The molecule has 0 N–H and O–H groups in total. The average molecular weight is 222 g/mol. The molecule has 86 valence electrons. The fourth-order valence-corrected chi connectivity index (χ4v) is 1.61. The molecule has 0 fully saturated rings. The molecule has 0 aromatic rings. The van der Waals surface area contributed by atoms with Crippen molar-refractivity contribution in [3.63, 3.8) is 0 Å². The molecule has 0 radical (unpaired) electrons. The van der Waals surface area contributed by atoms with Gasteiger partial charge >= 0.3 is 8.25 Å². The van der Waals surface area contributed by atoms with Crippen LogP contribution in [-0.2, 0) is 13.6 Å². The van der Waals surface area contributed by atoms with Crippen LogP contribution < -0.4 is 0 Å². The van der Waals surface area contributed by atoms with Gasteiger partial charge < -0.3 is 9.05 Å². The van der Waals surface area contributed by atoms with Crippen molar-refractivity contribution in [3.8, 4) is 0 Å². The zero-order valence-corrected chi connectivity index (χ0v) is 10.5. The second-order valence-electron chi connectivity index (χ2n) is 3.84. The van der Waals surface area contributed by atoms with E-state index in [1.807, 2.05) is 0 Å².